The number of aromatic nitrogens is 2. The minimum atomic E-state index is -0.686. The van der Waals surface area contributed by atoms with E-state index in [9.17, 15) is 8.94 Å². The fourth-order valence-electron chi connectivity index (χ4n) is 3.30. The van der Waals surface area contributed by atoms with E-state index in [1.165, 1.54) is 12.3 Å². The second kappa shape index (κ2) is 9.32. The van der Waals surface area contributed by atoms with Crippen molar-refractivity contribution in [3.05, 3.63) is 29.2 Å². The average molecular weight is 412 g/mol. The molecule has 148 valence electrons. The minimum absolute atomic E-state index is 0.265. The van der Waals surface area contributed by atoms with Crippen molar-refractivity contribution in [2.45, 2.75) is 57.7 Å². The van der Waals surface area contributed by atoms with Gasteiger partial charge in [-0.15, -0.1) is 16.1 Å². The fraction of sp³-hybridized carbons (Fsp3) is 0.579. The predicted molar refractivity (Wildman–Crippen MR) is 113 cm³/mol. The zero-order chi connectivity index (χ0) is 19.4. The van der Waals surface area contributed by atoms with E-state index in [0.29, 0.717) is 12.0 Å². The molecule has 3 rings (SSSR count). The Hall–Kier alpha value is -1.22. The van der Waals surface area contributed by atoms with Crippen LogP contribution in [0.1, 0.15) is 44.4 Å². The summed E-state index contributed by atoms with van der Waals surface area (Å²) in [5.74, 6) is 0.153. The summed E-state index contributed by atoms with van der Waals surface area (Å²) in [7, 11) is 0. The van der Waals surface area contributed by atoms with Crippen molar-refractivity contribution in [1.29, 1.82) is 0 Å². The van der Waals surface area contributed by atoms with E-state index >= 15 is 0 Å². The summed E-state index contributed by atoms with van der Waals surface area (Å²) < 4.78 is 26.2. The molecule has 1 aliphatic carbocycles. The number of thiazole rings is 1. The van der Waals surface area contributed by atoms with Gasteiger partial charge in [-0.1, -0.05) is 0 Å². The van der Waals surface area contributed by atoms with Crippen molar-refractivity contribution in [3.63, 3.8) is 0 Å². The van der Waals surface area contributed by atoms with Gasteiger partial charge in [0.05, 0.1) is 5.69 Å². The number of pyridine rings is 1. The van der Waals surface area contributed by atoms with Crippen LogP contribution < -0.4 is 10.0 Å². The van der Waals surface area contributed by atoms with Gasteiger partial charge in [-0.25, -0.2) is 9.97 Å². The smallest absolute Gasteiger partial charge is 0.237 e. The molecule has 1 atom stereocenters. The zero-order valence-corrected chi connectivity index (χ0v) is 17.7. The third-order valence-corrected chi connectivity index (χ3v) is 7.20. The Morgan fingerprint density at radius 1 is 1.30 bits per heavy atom. The summed E-state index contributed by atoms with van der Waals surface area (Å²) in [6.45, 7) is 6.99. The molecule has 2 aromatic heterocycles. The molecular formula is C19H28FN4OS2+. The van der Waals surface area contributed by atoms with Crippen LogP contribution in [0.25, 0.3) is 11.3 Å². The molecule has 27 heavy (non-hydrogen) atoms. The molecule has 1 fully saturated rings. The maximum Gasteiger partial charge on any atom is 0.237 e. The topological polar surface area (TPSA) is 70.1 Å². The van der Waals surface area contributed by atoms with Crippen LogP contribution in [0.15, 0.2) is 18.3 Å². The molecule has 0 saturated heterocycles. The van der Waals surface area contributed by atoms with Crippen molar-refractivity contribution in [1.82, 2.24) is 14.7 Å². The Balaban J connectivity index is 1.51. The normalized spacial score (nSPS) is 21.4. The van der Waals surface area contributed by atoms with Crippen LogP contribution in [-0.4, -0.2) is 32.4 Å². The lowest BCUT2D eigenvalue weighted by Gasteiger charge is -2.28. The highest BCUT2D eigenvalue weighted by molar-refractivity contribution is 7.90. The number of hydrogen-bond donors (Lipinski definition) is 3. The lowest BCUT2D eigenvalue weighted by atomic mass is 9.86. The lowest BCUT2D eigenvalue weighted by molar-refractivity contribution is 0.337. The van der Waals surface area contributed by atoms with Crippen LogP contribution >= 0.6 is 11.3 Å². The Labute approximate surface area is 167 Å². The lowest BCUT2D eigenvalue weighted by Crippen LogP contribution is -2.36. The quantitative estimate of drug-likeness (QED) is 0.458. The maximum atomic E-state index is 13.0. The first-order valence-corrected chi connectivity index (χ1v) is 11.5. The minimum Gasteiger partial charge on any atom is -0.359 e. The molecule has 0 aromatic carbocycles. The summed E-state index contributed by atoms with van der Waals surface area (Å²) in [4.78, 5) is 9.53. The van der Waals surface area contributed by atoms with Crippen LogP contribution in [0.5, 0.6) is 0 Å². The van der Waals surface area contributed by atoms with Gasteiger partial charge in [-0.3, -0.25) is 0 Å². The van der Waals surface area contributed by atoms with Gasteiger partial charge in [-0.05, 0) is 64.5 Å². The van der Waals surface area contributed by atoms with Crippen LogP contribution in [0, 0.1) is 18.8 Å². The third kappa shape index (κ3) is 5.63. The van der Waals surface area contributed by atoms with Crippen molar-refractivity contribution in [3.8, 4) is 11.3 Å². The van der Waals surface area contributed by atoms with Crippen molar-refractivity contribution < 1.29 is 8.94 Å². The largest absolute Gasteiger partial charge is 0.359 e. The SMILES string of the molecule is Cc1sc(NC2CCC(CN[S+](O)C(C)C)CC2)nc1-c1ccc(F)nc1. The predicted octanol–water partition coefficient (Wildman–Crippen LogP) is 4.63. The molecule has 0 bridgehead atoms. The van der Waals surface area contributed by atoms with Gasteiger partial charge in [0.2, 0.25) is 17.3 Å². The van der Waals surface area contributed by atoms with Crippen LogP contribution in [0.2, 0.25) is 0 Å². The van der Waals surface area contributed by atoms with Gasteiger partial charge in [0, 0.05) is 29.2 Å². The zero-order valence-electron chi connectivity index (χ0n) is 16.0. The molecule has 3 N–H and O–H groups in total. The van der Waals surface area contributed by atoms with E-state index in [1.54, 1.807) is 17.4 Å². The van der Waals surface area contributed by atoms with Gasteiger partial charge >= 0.3 is 0 Å². The highest BCUT2D eigenvalue weighted by Gasteiger charge is 2.26. The molecule has 0 aliphatic heterocycles. The maximum absolute atomic E-state index is 13.0. The Kier molecular flexibility index (Phi) is 7.08. The van der Waals surface area contributed by atoms with Crippen molar-refractivity contribution in [2.24, 2.45) is 5.92 Å². The molecular weight excluding hydrogens is 383 g/mol. The second-order valence-electron chi connectivity index (χ2n) is 7.37. The number of rotatable bonds is 7. The van der Waals surface area contributed by atoms with Gasteiger partial charge in [0.15, 0.2) is 10.4 Å². The van der Waals surface area contributed by atoms with E-state index < -0.39 is 17.3 Å². The number of anilines is 1. The summed E-state index contributed by atoms with van der Waals surface area (Å²) in [5.41, 5.74) is 1.72. The van der Waals surface area contributed by atoms with Gasteiger partial charge < -0.3 is 5.32 Å². The summed E-state index contributed by atoms with van der Waals surface area (Å²) in [6, 6.07) is 3.52. The Bertz CT molecular complexity index is 730. The first kappa shape index (κ1) is 20.5. The molecule has 5 nitrogen and oxygen atoms in total. The molecule has 8 heteroatoms. The molecule has 0 spiro atoms. The Morgan fingerprint density at radius 3 is 2.67 bits per heavy atom. The number of aryl methyl sites for hydroxylation is 1. The number of nitrogens with zero attached hydrogens (tertiary/aromatic N) is 2. The first-order valence-electron chi connectivity index (χ1n) is 9.44. The van der Waals surface area contributed by atoms with E-state index in [2.05, 4.69) is 15.0 Å². The standard InChI is InChI=1S/C19H28FN4OS2/c1-12(2)27(25)22-10-14-4-7-16(8-5-14)23-19-24-18(13(3)26-19)15-6-9-17(20)21-11-15/h6,9,11-12,14,16,22,25H,4-5,7-8,10H2,1-3H3,(H,23,24)/q+1. The van der Waals surface area contributed by atoms with Crippen LogP contribution in [0.4, 0.5) is 9.52 Å². The second-order valence-corrected chi connectivity index (χ2v) is 10.4. The fourth-order valence-corrected chi connectivity index (χ4v) is 4.95. The van der Waals surface area contributed by atoms with Crippen molar-refractivity contribution in [2.75, 3.05) is 11.9 Å². The van der Waals surface area contributed by atoms with Crippen molar-refractivity contribution >= 4 is 27.8 Å². The average Bonchev–Trinajstić information content (AvgIpc) is 3.01. The Morgan fingerprint density at radius 2 is 2.04 bits per heavy atom. The van der Waals surface area contributed by atoms with Crippen LogP contribution in [-0.2, 0) is 11.4 Å². The molecule has 0 radical (unpaired) electrons. The third-order valence-electron chi connectivity index (χ3n) is 4.94. The first-order chi connectivity index (χ1) is 12.9. The molecule has 2 aromatic rings. The molecule has 1 unspecified atom stereocenters. The van der Waals surface area contributed by atoms with E-state index in [-0.39, 0.29) is 5.25 Å². The number of halogens is 1. The van der Waals surface area contributed by atoms with Gasteiger partial charge in [0.25, 0.3) is 0 Å². The van der Waals surface area contributed by atoms with Crippen LogP contribution in [0.3, 0.4) is 0 Å². The van der Waals surface area contributed by atoms with E-state index in [1.807, 2.05) is 20.8 Å². The molecule has 2 heterocycles. The molecule has 1 aliphatic rings. The summed E-state index contributed by atoms with van der Waals surface area (Å²) in [6.07, 6.45) is 6.06. The highest BCUT2D eigenvalue weighted by Crippen LogP contribution is 2.32. The summed E-state index contributed by atoms with van der Waals surface area (Å²) in [5, 5.41) is 4.76. The van der Waals surface area contributed by atoms with E-state index in [0.717, 1.165) is 53.5 Å². The highest BCUT2D eigenvalue weighted by atomic mass is 32.2. The number of nitrogens with one attached hydrogen (secondary N) is 2. The van der Waals surface area contributed by atoms with Gasteiger partial charge in [-0.2, -0.15) is 8.94 Å². The molecule has 0 amide bonds. The summed E-state index contributed by atoms with van der Waals surface area (Å²) >= 11 is 0.951. The molecule has 1 saturated carbocycles. The monoisotopic (exact) mass is 411 g/mol. The number of hydrogen-bond acceptors (Lipinski definition) is 6. The van der Waals surface area contributed by atoms with E-state index in [4.69, 9.17) is 4.98 Å². The van der Waals surface area contributed by atoms with Gasteiger partial charge in [0.1, 0.15) is 0 Å².